The van der Waals surface area contributed by atoms with E-state index in [0.29, 0.717) is 24.8 Å². The first-order valence-electron chi connectivity index (χ1n) is 10.5. The topological polar surface area (TPSA) is 102 Å². The molecule has 1 aromatic heterocycles. The van der Waals surface area contributed by atoms with Crippen LogP contribution in [-0.4, -0.2) is 66.4 Å². The highest BCUT2D eigenvalue weighted by Gasteiger charge is 2.47. The van der Waals surface area contributed by atoms with Crippen molar-refractivity contribution in [2.24, 2.45) is 0 Å². The number of aromatic nitrogens is 2. The van der Waals surface area contributed by atoms with E-state index in [1.54, 1.807) is 41.6 Å². The van der Waals surface area contributed by atoms with Crippen LogP contribution in [0.3, 0.4) is 0 Å². The van der Waals surface area contributed by atoms with Crippen LogP contribution in [0.1, 0.15) is 32.8 Å². The maximum Gasteiger partial charge on any atom is 0.410 e. The molecular weight excluding hydrogens is 432 g/mol. The maximum absolute atomic E-state index is 12.4. The molecule has 0 radical (unpaired) electrons. The number of amides is 1. The summed E-state index contributed by atoms with van der Waals surface area (Å²) in [5, 5.41) is 0. The van der Waals surface area contributed by atoms with Crippen LogP contribution < -0.4 is 9.64 Å². The third-order valence-corrected chi connectivity index (χ3v) is 6.63. The Balaban J connectivity index is 1.32. The Kier molecular flexibility index (Phi) is 5.74. The van der Waals surface area contributed by atoms with Crippen LogP contribution >= 0.6 is 0 Å². The van der Waals surface area contributed by atoms with Gasteiger partial charge in [0.15, 0.2) is 15.6 Å². The number of sulfone groups is 1. The van der Waals surface area contributed by atoms with Crippen LogP contribution in [0, 0.1) is 0 Å². The molecule has 3 heterocycles. The highest BCUT2D eigenvalue weighted by atomic mass is 32.2. The van der Waals surface area contributed by atoms with Crippen LogP contribution in [0.5, 0.6) is 5.75 Å². The van der Waals surface area contributed by atoms with Crippen molar-refractivity contribution < 1.29 is 22.7 Å². The van der Waals surface area contributed by atoms with E-state index in [2.05, 4.69) is 14.9 Å². The van der Waals surface area contributed by atoms with Crippen molar-refractivity contribution in [3.8, 4) is 5.75 Å². The molecule has 2 atom stereocenters. The fraction of sp³-hybridized carbons (Fsp3) is 0.500. The summed E-state index contributed by atoms with van der Waals surface area (Å²) in [7, 11) is -3.21. The number of hydrogen-bond acceptors (Lipinski definition) is 8. The molecule has 32 heavy (non-hydrogen) atoms. The second kappa shape index (κ2) is 8.23. The minimum absolute atomic E-state index is 0.101. The number of fused-ring (bicyclic) bond motifs is 2. The van der Waals surface area contributed by atoms with E-state index in [4.69, 9.17) is 9.47 Å². The van der Waals surface area contributed by atoms with Crippen LogP contribution in [0.15, 0.2) is 41.6 Å². The van der Waals surface area contributed by atoms with Crippen molar-refractivity contribution in [3.63, 3.8) is 0 Å². The quantitative estimate of drug-likeness (QED) is 0.671. The SMILES string of the molecule is CC(C)(C)OC(=O)N1CC2CC1CN2c1ncc(OCc2ccc(S(C)(=O)=O)cc2)cn1. The number of likely N-dealkylation sites (tertiary alicyclic amines) is 1. The van der Waals surface area contributed by atoms with Gasteiger partial charge in [-0.05, 0) is 44.9 Å². The number of benzene rings is 1. The number of nitrogens with zero attached hydrogens (tertiary/aromatic N) is 4. The summed E-state index contributed by atoms with van der Waals surface area (Å²) in [4.78, 5) is 25.5. The molecular formula is C22H28N4O5S. The lowest BCUT2D eigenvalue weighted by Gasteiger charge is -2.35. The van der Waals surface area contributed by atoms with Gasteiger partial charge in [-0.15, -0.1) is 0 Å². The van der Waals surface area contributed by atoms with Gasteiger partial charge in [0, 0.05) is 19.3 Å². The van der Waals surface area contributed by atoms with Crippen molar-refractivity contribution in [2.75, 3.05) is 24.2 Å². The lowest BCUT2D eigenvalue weighted by Crippen LogP contribution is -2.50. The Labute approximate surface area is 188 Å². The zero-order valence-corrected chi connectivity index (χ0v) is 19.5. The molecule has 0 aliphatic carbocycles. The monoisotopic (exact) mass is 460 g/mol. The summed E-state index contributed by atoms with van der Waals surface area (Å²) in [6.45, 7) is 7.17. The van der Waals surface area contributed by atoms with Crippen molar-refractivity contribution in [1.82, 2.24) is 14.9 Å². The van der Waals surface area contributed by atoms with Gasteiger partial charge in [0.1, 0.15) is 12.2 Å². The normalized spacial score (nSPS) is 20.5. The fourth-order valence-electron chi connectivity index (χ4n) is 3.99. The molecule has 4 rings (SSSR count). The van der Waals surface area contributed by atoms with Crippen molar-refractivity contribution in [3.05, 3.63) is 42.2 Å². The number of carbonyl (C=O) groups excluding carboxylic acids is 1. The summed E-state index contributed by atoms with van der Waals surface area (Å²) >= 11 is 0. The Bertz CT molecular complexity index is 1080. The van der Waals surface area contributed by atoms with E-state index in [9.17, 15) is 13.2 Å². The molecule has 1 amide bonds. The number of hydrogen-bond donors (Lipinski definition) is 0. The molecule has 2 aliphatic rings. The first kappa shape index (κ1) is 22.3. The molecule has 172 valence electrons. The largest absolute Gasteiger partial charge is 0.486 e. The minimum Gasteiger partial charge on any atom is -0.486 e. The molecule has 2 saturated heterocycles. The molecule has 2 bridgehead atoms. The van der Waals surface area contributed by atoms with Gasteiger partial charge in [-0.2, -0.15) is 0 Å². The molecule has 1 aromatic carbocycles. The summed E-state index contributed by atoms with van der Waals surface area (Å²) in [5.41, 5.74) is 0.341. The van der Waals surface area contributed by atoms with Crippen molar-refractivity contribution >= 4 is 21.9 Å². The Morgan fingerprint density at radius 3 is 2.28 bits per heavy atom. The van der Waals surface area contributed by atoms with Gasteiger partial charge in [-0.1, -0.05) is 12.1 Å². The van der Waals surface area contributed by atoms with Gasteiger partial charge >= 0.3 is 6.09 Å². The molecule has 0 spiro atoms. The Morgan fingerprint density at radius 2 is 1.75 bits per heavy atom. The molecule has 0 saturated carbocycles. The van der Waals surface area contributed by atoms with E-state index in [1.807, 2.05) is 20.8 Å². The highest BCUT2D eigenvalue weighted by molar-refractivity contribution is 7.90. The first-order valence-corrected chi connectivity index (χ1v) is 12.4. The molecule has 9 nitrogen and oxygen atoms in total. The van der Waals surface area contributed by atoms with Crippen molar-refractivity contribution in [2.45, 2.75) is 56.4 Å². The van der Waals surface area contributed by atoms with Crippen LogP contribution in [-0.2, 0) is 21.2 Å². The van der Waals surface area contributed by atoms with E-state index in [0.717, 1.165) is 12.0 Å². The lowest BCUT2D eigenvalue weighted by molar-refractivity contribution is 0.0214. The molecule has 2 aliphatic heterocycles. The summed E-state index contributed by atoms with van der Waals surface area (Å²) in [6.07, 6.45) is 5.05. The molecule has 10 heteroatoms. The number of carbonyl (C=O) groups is 1. The van der Waals surface area contributed by atoms with Gasteiger partial charge < -0.3 is 19.3 Å². The van der Waals surface area contributed by atoms with E-state index >= 15 is 0 Å². The number of anilines is 1. The summed E-state index contributed by atoms with van der Waals surface area (Å²) < 4.78 is 34.3. The van der Waals surface area contributed by atoms with E-state index < -0.39 is 15.4 Å². The van der Waals surface area contributed by atoms with Gasteiger partial charge in [-0.3, -0.25) is 0 Å². The van der Waals surface area contributed by atoms with Gasteiger partial charge in [0.25, 0.3) is 0 Å². The number of rotatable bonds is 5. The van der Waals surface area contributed by atoms with Crippen LogP contribution in [0.2, 0.25) is 0 Å². The zero-order valence-electron chi connectivity index (χ0n) is 18.7. The van der Waals surface area contributed by atoms with Gasteiger partial charge in [0.2, 0.25) is 5.95 Å². The van der Waals surface area contributed by atoms with Crippen LogP contribution in [0.25, 0.3) is 0 Å². The standard InChI is InChI=1S/C22H28N4O5S/c1-22(2,3)31-21(27)26-13-16-9-17(26)12-25(16)20-23-10-18(11-24-20)30-14-15-5-7-19(8-6-15)32(4,28)29/h5-8,10-11,16-17H,9,12-14H2,1-4H3. The third kappa shape index (κ3) is 4.95. The van der Waals surface area contributed by atoms with Crippen LogP contribution in [0.4, 0.5) is 10.7 Å². The lowest BCUT2D eigenvalue weighted by atomic mass is 10.2. The summed E-state index contributed by atoms with van der Waals surface area (Å²) in [6, 6.07) is 6.86. The second-order valence-corrected chi connectivity index (χ2v) is 11.3. The van der Waals surface area contributed by atoms with Gasteiger partial charge in [-0.25, -0.2) is 23.2 Å². The maximum atomic E-state index is 12.4. The van der Waals surface area contributed by atoms with E-state index in [1.165, 1.54) is 6.26 Å². The predicted molar refractivity (Wildman–Crippen MR) is 118 cm³/mol. The highest BCUT2D eigenvalue weighted by Crippen LogP contribution is 2.34. The third-order valence-electron chi connectivity index (χ3n) is 5.50. The Hall–Kier alpha value is -2.88. The Morgan fingerprint density at radius 1 is 1.09 bits per heavy atom. The van der Waals surface area contributed by atoms with Crippen molar-refractivity contribution in [1.29, 1.82) is 0 Å². The molecule has 2 fully saturated rings. The number of piperazine rings is 1. The van der Waals surface area contributed by atoms with E-state index in [-0.39, 0.29) is 29.7 Å². The molecule has 2 unspecified atom stereocenters. The smallest absolute Gasteiger partial charge is 0.410 e. The zero-order chi connectivity index (χ0) is 23.1. The first-order chi connectivity index (χ1) is 15.0. The minimum atomic E-state index is -3.21. The predicted octanol–water partition coefficient (Wildman–Crippen LogP) is 2.66. The average molecular weight is 461 g/mol. The molecule has 2 aromatic rings. The number of ether oxygens (including phenoxy) is 2. The molecule has 0 N–H and O–H groups in total. The average Bonchev–Trinajstić information content (AvgIpc) is 3.32. The summed E-state index contributed by atoms with van der Waals surface area (Å²) in [5.74, 6) is 1.15. The van der Waals surface area contributed by atoms with Gasteiger partial charge in [0.05, 0.1) is 29.4 Å². The fourth-order valence-corrected chi connectivity index (χ4v) is 4.62. The second-order valence-electron chi connectivity index (χ2n) is 9.25.